The molecule has 0 aliphatic rings. The van der Waals surface area contributed by atoms with Gasteiger partial charge in [-0.25, -0.2) is 9.59 Å². The monoisotopic (exact) mass is 290 g/mol. The molecule has 0 aliphatic carbocycles. The zero-order valence-electron chi connectivity index (χ0n) is 10.6. The summed E-state index contributed by atoms with van der Waals surface area (Å²) in [4.78, 5) is 23.7. The fourth-order valence-electron chi connectivity index (χ4n) is 1.64. The molecule has 2 aromatic carbocycles. The number of hydrogen-bond donors (Lipinski definition) is 0. The van der Waals surface area contributed by atoms with Crippen LogP contribution in [-0.4, -0.2) is 19.0 Å². The molecule has 2 rings (SSSR count). The van der Waals surface area contributed by atoms with Gasteiger partial charge in [-0.3, -0.25) is 0 Å². The summed E-state index contributed by atoms with van der Waals surface area (Å²) >= 11 is 5.81. The summed E-state index contributed by atoms with van der Waals surface area (Å²) in [7, 11) is 1.25. The van der Waals surface area contributed by atoms with Crippen LogP contribution in [0.4, 0.5) is 0 Å². The van der Waals surface area contributed by atoms with E-state index in [1.165, 1.54) is 25.3 Å². The van der Waals surface area contributed by atoms with Gasteiger partial charge in [0.15, 0.2) is 0 Å². The van der Waals surface area contributed by atoms with Crippen LogP contribution < -0.4 is 4.74 Å². The first-order chi connectivity index (χ1) is 9.61. The highest BCUT2D eigenvalue weighted by Crippen LogP contribution is 2.19. The Balaban J connectivity index is 2.28. The molecule has 0 unspecified atom stereocenters. The molecule has 0 amide bonds. The molecule has 0 aliphatic heterocycles. The van der Waals surface area contributed by atoms with Crippen molar-refractivity contribution in [3.8, 4) is 5.75 Å². The maximum Gasteiger partial charge on any atom is 0.344 e. The van der Waals surface area contributed by atoms with Crippen LogP contribution in [0.2, 0.25) is 5.02 Å². The summed E-state index contributed by atoms with van der Waals surface area (Å²) in [5, 5.41) is 0.455. The molecule has 0 bridgehead atoms. The van der Waals surface area contributed by atoms with E-state index in [0.29, 0.717) is 10.8 Å². The third kappa shape index (κ3) is 3.16. The molecule has 0 saturated heterocycles. The molecule has 0 spiro atoms. The number of rotatable bonds is 3. The number of carbonyl (C=O) groups is 2. The van der Waals surface area contributed by atoms with E-state index in [2.05, 4.69) is 4.74 Å². The maximum atomic E-state index is 12.1. The number of methoxy groups -OCH3 is 1. The van der Waals surface area contributed by atoms with Crippen LogP contribution in [0.5, 0.6) is 5.75 Å². The standard InChI is InChI=1S/C15H11ClO4/c1-19-14(17)12-7-2-3-8-13(12)15(18)20-11-6-4-5-10(16)9-11/h2-9H,1H3. The second-order valence-corrected chi connectivity index (χ2v) is 4.32. The molecule has 4 nitrogen and oxygen atoms in total. The Kier molecular flexibility index (Phi) is 4.38. The SMILES string of the molecule is COC(=O)c1ccccc1C(=O)Oc1cccc(Cl)c1. The van der Waals surface area contributed by atoms with Crippen molar-refractivity contribution in [1.82, 2.24) is 0 Å². The molecule has 0 N–H and O–H groups in total. The molecular formula is C15H11ClO4. The first-order valence-corrected chi connectivity index (χ1v) is 6.14. The highest BCUT2D eigenvalue weighted by atomic mass is 35.5. The lowest BCUT2D eigenvalue weighted by Gasteiger charge is -2.08. The van der Waals surface area contributed by atoms with Gasteiger partial charge >= 0.3 is 11.9 Å². The van der Waals surface area contributed by atoms with Gasteiger partial charge in [0.05, 0.1) is 18.2 Å². The molecular weight excluding hydrogens is 280 g/mol. The Morgan fingerprint density at radius 1 is 0.950 bits per heavy atom. The minimum absolute atomic E-state index is 0.138. The lowest BCUT2D eigenvalue weighted by atomic mass is 10.1. The van der Waals surface area contributed by atoms with Crippen molar-refractivity contribution in [3.63, 3.8) is 0 Å². The molecule has 0 aromatic heterocycles. The molecule has 0 atom stereocenters. The van der Waals surface area contributed by atoms with Crippen molar-refractivity contribution in [2.75, 3.05) is 7.11 Å². The van der Waals surface area contributed by atoms with Crippen molar-refractivity contribution in [1.29, 1.82) is 0 Å². The third-order valence-electron chi connectivity index (χ3n) is 2.56. The Bertz CT molecular complexity index is 652. The number of hydrogen-bond acceptors (Lipinski definition) is 4. The first-order valence-electron chi connectivity index (χ1n) is 5.77. The van der Waals surface area contributed by atoms with E-state index in [1.807, 2.05) is 0 Å². The summed E-state index contributed by atoms with van der Waals surface area (Å²) in [5.74, 6) is -0.931. The van der Waals surface area contributed by atoms with Crippen LogP contribution in [0.1, 0.15) is 20.7 Å². The number of esters is 2. The first kappa shape index (κ1) is 14.1. The number of ether oxygens (including phenoxy) is 2. The summed E-state index contributed by atoms with van der Waals surface area (Å²) in [5.41, 5.74) is 0.293. The number of benzene rings is 2. The van der Waals surface area contributed by atoms with Crippen LogP contribution in [-0.2, 0) is 4.74 Å². The Labute approximate surface area is 120 Å². The molecule has 2 aromatic rings. The molecule has 0 radical (unpaired) electrons. The van der Waals surface area contributed by atoms with Crippen molar-refractivity contribution >= 4 is 23.5 Å². The second-order valence-electron chi connectivity index (χ2n) is 3.88. The highest BCUT2D eigenvalue weighted by Gasteiger charge is 2.18. The molecule has 5 heteroatoms. The van der Waals surface area contributed by atoms with Gasteiger partial charge in [-0.05, 0) is 30.3 Å². The fraction of sp³-hybridized carbons (Fsp3) is 0.0667. The van der Waals surface area contributed by atoms with Crippen LogP contribution in [0.15, 0.2) is 48.5 Å². The summed E-state index contributed by atoms with van der Waals surface area (Å²) in [6.07, 6.45) is 0. The smallest absolute Gasteiger partial charge is 0.344 e. The van der Waals surface area contributed by atoms with Gasteiger partial charge in [-0.1, -0.05) is 29.8 Å². The highest BCUT2D eigenvalue weighted by molar-refractivity contribution is 6.30. The van der Waals surface area contributed by atoms with E-state index in [1.54, 1.807) is 30.3 Å². The van der Waals surface area contributed by atoms with Crippen LogP contribution in [0.3, 0.4) is 0 Å². The normalized spacial score (nSPS) is 9.90. The van der Waals surface area contributed by atoms with Gasteiger partial charge < -0.3 is 9.47 Å². The Hall–Kier alpha value is -2.33. The van der Waals surface area contributed by atoms with E-state index >= 15 is 0 Å². The Morgan fingerprint density at radius 2 is 1.60 bits per heavy atom. The van der Waals surface area contributed by atoms with Crippen LogP contribution in [0, 0.1) is 0 Å². The van der Waals surface area contributed by atoms with E-state index in [-0.39, 0.29) is 11.1 Å². The van der Waals surface area contributed by atoms with Gasteiger partial charge in [0.1, 0.15) is 5.75 Å². The zero-order valence-corrected chi connectivity index (χ0v) is 11.4. The zero-order chi connectivity index (χ0) is 14.5. The van der Waals surface area contributed by atoms with Crippen molar-refractivity contribution in [3.05, 3.63) is 64.7 Å². The van der Waals surface area contributed by atoms with E-state index in [0.717, 1.165) is 0 Å². The van der Waals surface area contributed by atoms with E-state index in [4.69, 9.17) is 16.3 Å². The van der Waals surface area contributed by atoms with Crippen molar-refractivity contribution < 1.29 is 19.1 Å². The molecule has 0 heterocycles. The fourth-order valence-corrected chi connectivity index (χ4v) is 1.82. The number of carbonyl (C=O) groups excluding carboxylic acids is 2. The summed E-state index contributed by atoms with van der Waals surface area (Å²) in [6, 6.07) is 12.7. The molecule has 0 fully saturated rings. The average Bonchev–Trinajstić information content (AvgIpc) is 2.46. The predicted octanol–water partition coefficient (Wildman–Crippen LogP) is 3.35. The molecule has 0 saturated carbocycles. The van der Waals surface area contributed by atoms with Gasteiger partial charge in [-0.15, -0.1) is 0 Å². The second kappa shape index (κ2) is 6.21. The molecule has 20 heavy (non-hydrogen) atoms. The average molecular weight is 291 g/mol. The van der Waals surface area contributed by atoms with Crippen LogP contribution in [0.25, 0.3) is 0 Å². The summed E-state index contributed by atoms with van der Waals surface area (Å²) < 4.78 is 9.81. The number of halogens is 1. The van der Waals surface area contributed by atoms with Crippen LogP contribution >= 0.6 is 11.6 Å². The van der Waals surface area contributed by atoms with Gasteiger partial charge in [0.25, 0.3) is 0 Å². The van der Waals surface area contributed by atoms with Gasteiger partial charge in [0, 0.05) is 5.02 Å². The Morgan fingerprint density at radius 3 is 2.20 bits per heavy atom. The maximum absolute atomic E-state index is 12.1. The van der Waals surface area contributed by atoms with E-state index < -0.39 is 11.9 Å². The van der Waals surface area contributed by atoms with Gasteiger partial charge in [0.2, 0.25) is 0 Å². The largest absolute Gasteiger partial charge is 0.465 e. The van der Waals surface area contributed by atoms with Crippen molar-refractivity contribution in [2.24, 2.45) is 0 Å². The van der Waals surface area contributed by atoms with Gasteiger partial charge in [-0.2, -0.15) is 0 Å². The molecule has 102 valence electrons. The predicted molar refractivity (Wildman–Crippen MR) is 74.2 cm³/mol. The minimum Gasteiger partial charge on any atom is -0.465 e. The quantitative estimate of drug-likeness (QED) is 0.642. The topological polar surface area (TPSA) is 52.6 Å². The third-order valence-corrected chi connectivity index (χ3v) is 2.79. The minimum atomic E-state index is -0.645. The van der Waals surface area contributed by atoms with Crippen molar-refractivity contribution in [2.45, 2.75) is 0 Å². The lowest BCUT2D eigenvalue weighted by molar-refractivity contribution is 0.0587. The summed E-state index contributed by atoms with van der Waals surface area (Å²) in [6.45, 7) is 0. The lowest BCUT2D eigenvalue weighted by Crippen LogP contribution is -2.15. The van der Waals surface area contributed by atoms with E-state index in [9.17, 15) is 9.59 Å².